The van der Waals surface area contributed by atoms with E-state index in [0.717, 1.165) is 25.7 Å². The number of aromatic nitrogens is 2. The molecule has 21 heavy (non-hydrogen) atoms. The third-order valence-corrected chi connectivity index (χ3v) is 4.56. The van der Waals surface area contributed by atoms with E-state index in [4.69, 9.17) is 5.73 Å². The Balaban J connectivity index is 1.75. The zero-order valence-corrected chi connectivity index (χ0v) is 12.3. The molecule has 0 radical (unpaired) electrons. The van der Waals surface area contributed by atoms with Gasteiger partial charge in [-0.25, -0.2) is 0 Å². The van der Waals surface area contributed by atoms with E-state index >= 15 is 0 Å². The molecule has 6 nitrogen and oxygen atoms in total. The number of amides is 2. The molecule has 0 spiro atoms. The molecule has 2 fully saturated rings. The van der Waals surface area contributed by atoms with Gasteiger partial charge in [0, 0.05) is 12.7 Å². The molecular weight excluding hydrogens is 268 g/mol. The number of nitrogens with one attached hydrogen (secondary N) is 1. The van der Waals surface area contributed by atoms with Crippen molar-refractivity contribution in [3.63, 3.8) is 0 Å². The average Bonchev–Trinajstić information content (AvgIpc) is 3.38. The Kier molecular flexibility index (Phi) is 3.69. The highest BCUT2D eigenvalue weighted by Gasteiger charge is 2.47. The van der Waals surface area contributed by atoms with Crippen LogP contribution in [0.25, 0.3) is 0 Å². The van der Waals surface area contributed by atoms with Gasteiger partial charge in [-0.3, -0.25) is 14.3 Å². The number of nitrogens with zero attached hydrogens (tertiary/aromatic N) is 2. The van der Waals surface area contributed by atoms with E-state index in [-0.39, 0.29) is 11.8 Å². The fourth-order valence-electron chi connectivity index (χ4n) is 3.24. The molecule has 2 amide bonds. The summed E-state index contributed by atoms with van der Waals surface area (Å²) in [4.78, 5) is 24.3. The van der Waals surface area contributed by atoms with Crippen LogP contribution in [0.3, 0.4) is 0 Å². The van der Waals surface area contributed by atoms with E-state index < -0.39 is 11.9 Å². The molecule has 0 aromatic carbocycles. The molecule has 6 heteroatoms. The molecule has 0 unspecified atom stereocenters. The van der Waals surface area contributed by atoms with Gasteiger partial charge in [0.05, 0.1) is 0 Å². The van der Waals surface area contributed by atoms with E-state index in [1.54, 1.807) is 16.9 Å². The lowest BCUT2D eigenvalue weighted by atomic mass is 9.89. The fourth-order valence-corrected chi connectivity index (χ4v) is 3.24. The predicted molar refractivity (Wildman–Crippen MR) is 77.3 cm³/mol. The van der Waals surface area contributed by atoms with Crippen LogP contribution in [0.2, 0.25) is 0 Å². The zero-order valence-electron chi connectivity index (χ0n) is 12.3. The van der Waals surface area contributed by atoms with Crippen molar-refractivity contribution >= 4 is 11.8 Å². The SMILES string of the molecule is CCn1nccc1C(=O)N[C@H](C(N)=O)C(C1CC1)C1CC1. The largest absolute Gasteiger partial charge is 0.368 e. The van der Waals surface area contributed by atoms with Crippen LogP contribution in [0, 0.1) is 17.8 Å². The molecule has 1 aromatic rings. The predicted octanol–water partition coefficient (Wildman–Crippen LogP) is 0.923. The van der Waals surface area contributed by atoms with Crippen LogP contribution in [-0.4, -0.2) is 27.6 Å². The number of rotatable bonds is 7. The first-order valence-electron chi connectivity index (χ1n) is 7.73. The Morgan fingerprint density at radius 3 is 2.48 bits per heavy atom. The summed E-state index contributed by atoms with van der Waals surface area (Å²) in [6.45, 7) is 2.54. The van der Waals surface area contributed by atoms with Gasteiger partial charge >= 0.3 is 0 Å². The number of aryl methyl sites for hydroxylation is 1. The number of hydrogen-bond acceptors (Lipinski definition) is 3. The lowest BCUT2D eigenvalue weighted by Crippen LogP contribution is -2.50. The second-order valence-corrected chi connectivity index (χ2v) is 6.14. The molecular formula is C15H22N4O2. The van der Waals surface area contributed by atoms with Crippen LogP contribution < -0.4 is 11.1 Å². The third-order valence-electron chi connectivity index (χ3n) is 4.56. The summed E-state index contributed by atoms with van der Waals surface area (Å²) in [5, 5.41) is 6.95. The number of hydrogen-bond donors (Lipinski definition) is 2. The van der Waals surface area contributed by atoms with E-state index in [0.29, 0.717) is 24.1 Å². The lowest BCUT2D eigenvalue weighted by molar-refractivity contribution is -0.121. The lowest BCUT2D eigenvalue weighted by Gasteiger charge is -2.25. The van der Waals surface area contributed by atoms with Crippen molar-refractivity contribution in [3.05, 3.63) is 18.0 Å². The summed E-state index contributed by atoms with van der Waals surface area (Å²) in [5.74, 6) is 0.626. The first-order valence-corrected chi connectivity index (χ1v) is 7.73. The molecule has 0 saturated heterocycles. The van der Waals surface area contributed by atoms with E-state index in [9.17, 15) is 9.59 Å². The Bertz CT molecular complexity index is 534. The molecule has 0 aliphatic heterocycles. The van der Waals surface area contributed by atoms with Gasteiger partial charge in [0.1, 0.15) is 11.7 Å². The molecule has 3 N–H and O–H groups in total. The van der Waals surface area contributed by atoms with Gasteiger partial charge in [-0.15, -0.1) is 0 Å². The molecule has 114 valence electrons. The van der Waals surface area contributed by atoms with E-state index in [2.05, 4.69) is 10.4 Å². The van der Waals surface area contributed by atoms with Crippen molar-refractivity contribution in [2.45, 2.75) is 45.2 Å². The third kappa shape index (κ3) is 2.94. The first-order chi connectivity index (χ1) is 10.1. The van der Waals surface area contributed by atoms with E-state index in [1.807, 2.05) is 6.92 Å². The van der Waals surface area contributed by atoms with Crippen LogP contribution in [0.1, 0.15) is 43.1 Å². The minimum Gasteiger partial charge on any atom is -0.368 e. The highest BCUT2D eigenvalue weighted by molar-refractivity contribution is 5.96. The average molecular weight is 290 g/mol. The summed E-state index contributed by atoms with van der Waals surface area (Å²) in [7, 11) is 0. The maximum atomic E-state index is 12.4. The molecule has 2 saturated carbocycles. The number of nitrogens with two attached hydrogens (primary N) is 1. The van der Waals surface area contributed by atoms with Gasteiger partial charge in [-0.05, 0) is 56.4 Å². The first kappa shape index (κ1) is 14.1. The summed E-state index contributed by atoms with van der Waals surface area (Å²) in [5.41, 5.74) is 6.05. The quantitative estimate of drug-likeness (QED) is 0.782. The van der Waals surface area contributed by atoms with Gasteiger partial charge in [0.25, 0.3) is 5.91 Å². The normalized spacial score (nSPS) is 19.5. The molecule has 2 aliphatic carbocycles. The second-order valence-electron chi connectivity index (χ2n) is 6.14. The topological polar surface area (TPSA) is 90.0 Å². The summed E-state index contributed by atoms with van der Waals surface area (Å²) in [6, 6.07) is 1.11. The van der Waals surface area contributed by atoms with Gasteiger partial charge in [-0.1, -0.05) is 0 Å². The van der Waals surface area contributed by atoms with Crippen molar-refractivity contribution in [2.24, 2.45) is 23.5 Å². The van der Waals surface area contributed by atoms with Crippen molar-refractivity contribution in [2.75, 3.05) is 0 Å². The van der Waals surface area contributed by atoms with Crippen LogP contribution in [0.5, 0.6) is 0 Å². The molecule has 2 aliphatic rings. The van der Waals surface area contributed by atoms with Crippen molar-refractivity contribution < 1.29 is 9.59 Å². The smallest absolute Gasteiger partial charge is 0.270 e. The van der Waals surface area contributed by atoms with E-state index in [1.165, 1.54) is 0 Å². The summed E-state index contributed by atoms with van der Waals surface area (Å²) >= 11 is 0. The Morgan fingerprint density at radius 2 is 2.00 bits per heavy atom. The molecule has 1 aromatic heterocycles. The minimum atomic E-state index is -0.558. The van der Waals surface area contributed by atoms with Gasteiger partial charge in [-0.2, -0.15) is 5.10 Å². The Morgan fingerprint density at radius 1 is 1.38 bits per heavy atom. The van der Waals surface area contributed by atoms with Gasteiger partial charge < -0.3 is 11.1 Å². The van der Waals surface area contributed by atoms with Gasteiger partial charge in [0.2, 0.25) is 5.91 Å². The monoisotopic (exact) mass is 290 g/mol. The zero-order chi connectivity index (χ0) is 15.0. The Labute approximate surface area is 124 Å². The van der Waals surface area contributed by atoms with Crippen molar-refractivity contribution in [1.82, 2.24) is 15.1 Å². The fraction of sp³-hybridized carbons (Fsp3) is 0.667. The van der Waals surface area contributed by atoms with Gasteiger partial charge in [0.15, 0.2) is 0 Å². The van der Waals surface area contributed by atoms with Crippen LogP contribution in [0.15, 0.2) is 12.3 Å². The van der Waals surface area contributed by atoms with Crippen LogP contribution in [-0.2, 0) is 11.3 Å². The summed E-state index contributed by atoms with van der Waals surface area (Å²) in [6.07, 6.45) is 6.18. The van der Waals surface area contributed by atoms with Crippen molar-refractivity contribution in [1.29, 1.82) is 0 Å². The number of primary amides is 1. The highest BCUT2D eigenvalue weighted by Crippen LogP contribution is 2.50. The summed E-state index contributed by atoms with van der Waals surface area (Å²) < 4.78 is 1.62. The number of carbonyl (C=O) groups excluding carboxylic acids is 2. The maximum Gasteiger partial charge on any atom is 0.270 e. The van der Waals surface area contributed by atoms with Crippen LogP contribution >= 0.6 is 0 Å². The Hall–Kier alpha value is -1.85. The van der Waals surface area contributed by atoms with Crippen molar-refractivity contribution in [3.8, 4) is 0 Å². The number of carbonyl (C=O) groups is 2. The second kappa shape index (κ2) is 5.50. The molecule has 1 atom stereocenters. The maximum absolute atomic E-state index is 12.4. The highest BCUT2D eigenvalue weighted by atomic mass is 16.2. The van der Waals surface area contributed by atoms with Crippen LogP contribution in [0.4, 0.5) is 0 Å². The molecule has 0 bridgehead atoms. The standard InChI is InChI=1S/C15H22N4O2/c1-2-19-11(7-8-17-19)15(21)18-13(14(16)20)12(9-3-4-9)10-5-6-10/h7-10,12-13H,2-6H2,1H3,(H2,16,20)(H,18,21)/t13-/m0/s1. The minimum absolute atomic E-state index is 0.212. The molecule has 1 heterocycles. The molecule has 3 rings (SSSR count).